The van der Waals surface area contributed by atoms with E-state index in [0.29, 0.717) is 24.9 Å². The maximum atomic E-state index is 13.7. The number of carbonyl (C=O) groups is 1. The second kappa shape index (κ2) is 6.79. The monoisotopic (exact) mass is 282 g/mol. The van der Waals surface area contributed by atoms with Crippen LogP contribution in [0.2, 0.25) is 0 Å². The lowest BCUT2D eigenvalue weighted by Gasteiger charge is -2.29. The third-order valence-corrected chi connectivity index (χ3v) is 3.72. The Labute approximate surface area is 117 Å². The lowest BCUT2D eigenvalue weighted by molar-refractivity contribution is -0.123. The third kappa shape index (κ3) is 3.54. The number of amides is 1. The van der Waals surface area contributed by atoms with Crippen molar-refractivity contribution in [2.45, 2.75) is 32.2 Å². The smallest absolute Gasteiger partial charge is 0.237 e. The van der Waals surface area contributed by atoms with Gasteiger partial charge in [-0.3, -0.25) is 4.79 Å². The minimum Gasteiger partial charge on any atom is -0.355 e. The predicted molar refractivity (Wildman–Crippen MR) is 73.3 cm³/mol. The van der Waals surface area contributed by atoms with Gasteiger partial charge in [-0.05, 0) is 50.3 Å². The summed E-state index contributed by atoms with van der Waals surface area (Å²) in [5, 5.41) is 5.95. The molecule has 1 aliphatic heterocycles. The number of hydrogen-bond donors (Lipinski definition) is 2. The Morgan fingerprint density at radius 2 is 2.25 bits per heavy atom. The Morgan fingerprint density at radius 1 is 1.45 bits per heavy atom. The molecule has 0 radical (unpaired) electrons. The fraction of sp³-hybridized carbons (Fsp3) is 0.533. The number of nitrogens with one attached hydrogen (secondary N) is 2. The van der Waals surface area contributed by atoms with Crippen LogP contribution in [0.5, 0.6) is 0 Å². The quantitative estimate of drug-likeness (QED) is 0.887. The van der Waals surface area contributed by atoms with E-state index < -0.39 is 11.6 Å². The summed E-state index contributed by atoms with van der Waals surface area (Å²) in [7, 11) is 0. The van der Waals surface area contributed by atoms with Crippen molar-refractivity contribution in [1.29, 1.82) is 0 Å². The molecule has 3 nitrogen and oxygen atoms in total. The Balaban J connectivity index is 1.99. The second-order valence-electron chi connectivity index (χ2n) is 5.21. The minimum absolute atomic E-state index is 0.0167. The Morgan fingerprint density at radius 3 is 3.00 bits per heavy atom. The summed E-state index contributed by atoms with van der Waals surface area (Å²) in [6.45, 7) is 3.20. The molecule has 0 bridgehead atoms. The molecule has 1 aliphatic rings. The van der Waals surface area contributed by atoms with Gasteiger partial charge in [-0.15, -0.1) is 0 Å². The first-order valence-corrected chi connectivity index (χ1v) is 7.05. The van der Waals surface area contributed by atoms with Crippen LogP contribution in [0, 0.1) is 17.6 Å². The van der Waals surface area contributed by atoms with E-state index in [0.717, 1.165) is 19.0 Å². The zero-order valence-corrected chi connectivity index (χ0v) is 11.6. The Hall–Kier alpha value is -1.49. The van der Waals surface area contributed by atoms with Crippen LogP contribution in [0.15, 0.2) is 18.2 Å². The summed E-state index contributed by atoms with van der Waals surface area (Å²) >= 11 is 0. The number of hydrogen-bond acceptors (Lipinski definition) is 2. The van der Waals surface area contributed by atoms with Crippen molar-refractivity contribution in [3.8, 4) is 0 Å². The number of piperidine rings is 1. The molecule has 1 aromatic carbocycles. The van der Waals surface area contributed by atoms with Gasteiger partial charge in [0.05, 0.1) is 6.04 Å². The van der Waals surface area contributed by atoms with Crippen LogP contribution in [-0.4, -0.2) is 25.0 Å². The van der Waals surface area contributed by atoms with Gasteiger partial charge in [0.15, 0.2) is 11.6 Å². The highest BCUT2D eigenvalue weighted by atomic mass is 19.2. The molecule has 1 fully saturated rings. The maximum Gasteiger partial charge on any atom is 0.237 e. The van der Waals surface area contributed by atoms with Crippen LogP contribution >= 0.6 is 0 Å². The minimum atomic E-state index is -0.809. The third-order valence-electron chi connectivity index (χ3n) is 3.72. The molecule has 2 rings (SSSR count). The molecule has 2 atom stereocenters. The van der Waals surface area contributed by atoms with Crippen molar-refractivity contribution in [2.24, 2.45) is 5.92 Å². The van der Waals surface area contributed by atoms with Crippen molar-refractivity contribution >= 4 is 5.91 Å². The van der Waals surface area contributed by atoms with E-state index >= 15 is 0 Å². The first-order valence-electron chi connectivity index (χ1n) is 7.05. The number of benzene rings is 1. The fourth-order valence-electron chi connectivity index (χ4n) is 2.70. The summed E-state index contributed by atoms with van der Waals surface area (Å²) in [4.78, 5) is 11.8. The molecule has 5 heteroatoms. The van der Waals surface area contributed by atoms with Crippen molar-refractivity contribution < 1.29 is 13.6 Å². The Bertz CT molecular complexity index is 479. The zero-order valence-electron chi connectivity index (χ0n) is 11.6. The maximum absolute atomic E-state index is 13.7. The average molecular weight is 282 g/mol. The molecule has 0 aliphatic carbocycles. The van der Waals surface area contributed by atoms with Crippen molar-refractivity contribution in [3.63, 3.8) is 0 Å². The van der Waals surface area contributed by atoms with E-state index in [2.05, 4.69) is 10.6 Å². The zero-order chi connectivity index (χ0) is 14.5. The highest BCUT2D eigenvalue weighted by Gasteiger charge is 2.27. The highest BCUT2D eigenvalue weighted by Crippen LogP contribution is 2.23. The van der Waals surface area contributed by atoms with Gasteiger partial charge in [0.2, 0.25) is 5.91 Å². The number of carbonyl (C=O) groups excluding carboxylic acids is 1. The van der Waals surface area contributed by atoms with Crippen molar-refractivity contribution in [3.05, 3.63) is 35.4 Å². The molecule has 0 aromatic heterocycles. The van der Waals surface area contributed by atoms with Gasteiger partial charge >= 0.3 is 0 Å². The molecule has 1 aromatic rings. The first-order chi connectivity index (χ1) is 9.61. The number of rotatable bonds is 4. The summed E-state index contributed by atoms with van der Waals surface area (Å²) in [6, 6.07) is 4.03. The average Bonchev–Trinajstić information content (AvgIpc) is 2.44. The van der Waals surface area contributed by atoms with E-state index in [4.69, 9.17) is 0 Å². The van der Waals surface area contributed by atoms with Gasteiger partial charge in [-0.25, -0.2) is 8.78 Å². The van der Waals surface area contributed by atoms with E-state index in [9.17, 15) is 13.6 Å². The van der Waals surface area contributed by atoms with Crippen molar-refractivity contribution in [2.75, 3.05) is 13.1 Å². The number of likely N-dealkylation sites (N-methyl/N-ethyl adjacent to an activating group) is 1. The van der Waals surface area contributed by atoms with Crippen LogP contribution in [0.3, 0.4) is 0 Å². The van der Waals surface area contributed by atoms with E-state index in [1.807, 2.05) is 6.92 Å². The second-order valence-corrected chi connectivity index (χ2v) is 5.21. The van der Waals surface area contributed by atoms with Crippen LogP contribution in [0.1, 0.15) is 25.3 Å². The van der Waals surface area contributed by atoms with E-state index in [1.54, 1.807) is 6.07 Å². The van der Waals surface area contributed by atoms with Crippen LogP contribution in [-0.2, 0) is 11.2 Å². The lowest BCUT2D eigenvalue weighted by atomic mass is 9.86. The molecule has 2 unspecified atom stereocenters. The summed E-state index contributed by atoms with van der Waals surface area (Å²) < 4.78 is 26.9. The van der Waals surface area contributed by atoms with Gasteiger partial charge in [0, 0.05) is 6.54 Å². The normalized spacial score (nSPS) is 22.6. The molecule has 1 heterocycles. The standard InChI is InChI=1S/C15H20F2N2O/c1-2-18-15(20)13-9-10(6-7-19-13)8-11-4-3-5-12(16)14(11)17/h3-5,10,13,19H,2,6-9H2,1H3,(H,18,20). The molecular formula is C15H20F2N2O. The molecule has 2 N–H and O–H groups in total. The lowest BCUT2D eigenvalue weighted by Crippen LogP contribution is -2.49. The van der Waals surface area contributed by atoms with Crippen molar-refractivity contribution in [1.82, 2.24) is 10.6 Å². The van der Waals surface area contributed by atoms with Gasteiger partial charge in [0.25, 0.3) is 0 Å². The Kier molecular flexibility index (Phi) is 5.06. The molecular weight excluding hydrogens is 262 g/mol. The molecule has 0 saturated carbocycles. The molecule has 0 spiro atoms. The van der Waals surface area contributed by atoms with Crippen LogP contribution < -0.4 is 10.6 Å². The van der Waals surface area contributed by atoms with Gasteiger partial charge in [-0.1, -0.05) is 12.1 Å². The molecule has 1 amide bonds. The van der Waals surface area contributed by atoms with Gasteiger partial charge < -0.3 is 10.6 Å². The molecule has 20 heavy (non-hydrogen) atoms. The van der Waals surface area contributed by atoms with Crippen LogP contribution in [0.25, 0.3) is 0 Å². The predicted octanol–water partition coefficient (Wildman–Crippen LogP) is 2.01. The largest absolute Gasteiger partial charge is 0.355 e. The van der Waals surface area contributed by atoms with E-state index in [-0.39, 0.29) is 17.9 Å². The highest BCUT2D eigenvalue weighted by molar-refractivity contribution is 5.81. The first kappa shape index (κ1) is 14.9. The molecule has 110 valence electrons. The fourth-order valence-corrected chi connectivity index (χ4v) is 2.70. The SMILES string of the molecule is CCNC(=O)C1CC(Cc2cccc(F)c2F)CCN1. The molecule has 1 saturated heterocycles. The topological polar surface area (TPSA) is 41.1 Å². The van der Waals surface area contributed by atoms with Crippen LogP contribution in [0.4, 0.5) is 8.78 Å². The summed E-state index contributed by atoms with van der Waals surface area (Å²) in [5.74, 6) is -1.39. The van der Waals surface area contributed by atoms with E-state index in [1.165, 1.54) is 6.07 Å². The summed E-state index contributed by atoms with van der Waals surface area (Å²) in [5.41, 5.74) is 0.395. The van der Waals surface area contributed by atoms with Gasteiger partial charge in [0.1, 0.15) is 0 Å². The summed E-state index contributed by atoms with van der Waals surface area (Å²) in [6.07, 6.45) is 1.99. The van der Waals surface area contributed by atoms with Gasteiger partial charge in [-0.2, -0.15) is 0 Å². The number of halogens is 2.